The van der Waals surface area contributed by atoms with Crippen LogP contribution in [-0.2, 0) is 13.1 Å². The predicted molar refractivity (Wildman–Crippen MR) is 87.9 cm³/mol. The van der Waals surface area contributed by atoms with Gasteiger partial charge in [-0.05, 0) is 41.8 Å². The molecular weight excluding hydrogens is 244 g/mol. The van der Waals surface area contributed by atoms with E-state index < -0.39 is 0 Å². The second-order valence-corrected chi connectivity index (χ2v) is 6.57. The lowest BCUT2D eigenvalue weighted by Gasteiger charge is -2.13. The van der Waals surface area contributed by atoms with Crippen LogP contribution in [0, 0.1) is 11.8 Å². The molecular formula is C18H28N2. The van der Waals surface area contributed by atoms with E-state index in [4.69, 9.17) is 0 Å². The van der Waals surface area contributed by atoms with Gasteiger partial charge in [-0.1, -0.05) is 45.9 Å². The van der Waals surface area contributed by atoms with Gasteiger partial charge in [0, 0.05) is 19.3 Å². The average Bonchev–Trinajstić information content (AvgIpc) is 2.80. The number of para-hydroxylation sites is 1. The molecule has 1 heterocycles. The summed E-state index contributed by atoms with van der Waals surface area (Å²) in [5, 5.41) is 4.92. The van der Waals surface area contributed by atoms with Crippen molar-refractivity contribution in [2.75, 3.05) is 6.54 Å². The second-order valence-electron chi connectivity index (χ2n) is 6.57. The maximum Gasteiger partial charge on any atom is 0.0525 e. The third-order valence-electron chi connectivity index (χ3n) is 3.69. The van der Waals surface area contributed by atoms with E-state index in [-0.39, 0.29) is 0 Å². The summed E-state index contributed by atoms with van der Waals surface area (Å²) in [4.78, 5) is 0. The molecule has 0 bridgehead atoms. The van der Waals surface area contributed by atoms with Crippen LogP contribution in [0.5, 0.6) is 0 Å². The Labute approximate surface area is 123 Å². The van der Waals surface area contributed by atoms with E-state index in [1.165, 1.54) is 22.9 Å². The van der Waals surface area contributed by atoms with Crippen LogP contribution in [0.1, 0.15) is 39.7 Å². The van der Waals surface area contributed by atoms with Gasteiger partial charge >= 0.3 is 0 Å². The van der Waals surface area contributed by atoms with E-state index in [1.54, 1.807) is 0 Å². The standard InChI is InChI=1S/C18H28N2/c1-14(2)8-10-20-11-9-16-6-5-7-17(18(16)20)13-19-12-15(3)4/h5-7,9,11,14-15,19H,8,10,12-13H2,1-4H3. The summed E-state index contributed by atoms with van der Waals surface area (Å²) < 4.78 is 2.42. The Kier molecular flexibility index (Phi) is 5.24. The van der Waals surface area contributed by atoms with Crippen molar-refractivity contribution in [3.8, 4) is 0 Å². The molecule has 1 aromatic heterocycles. The first-order valence-corrected chi connectivity index (χ1v) is 7.85. The van der Waals surface area contributed by atoms with Crippen LogP contribution in [0.2, 0.25) is 0 Å². The largest absolute Gasteiger partial charge is 0.347 e. The SMILES string of the molecule is CC(C)CCn1ccc2cccc(CNCC(C)C)c21. The fourth-order valence-electron chi connectivity index (χ4n) is 2.56. The Bertz CT molecular complexity index is 537. The molecule has 0 saturated heterocycles. The Hall–Kier alpha value is -1.28. The van der Waals surface area contributed by atoms with Crippen molar-refractivity contribution in [1.29, 1.82) is 0 Å². The van der Waals surface area contributed by atoms with Gasteiger partial charge in [0.25, 0.3) is 0 Å². The highest BCUT2D eigenvalue weighted by Gasteiger charge is 2.07. The van der Waals surface area contributed by atoms with E-state index in [9.17, 15) is 0 Å². The number of aromatic nitrogens is 1. The smallest absolute Gasteiger partial charge is 0.0525 e. The first kappa shape index (κ1) is 15.1. The van der Waals surface area contributed by atoms with Gasteiger partial charge in [-0.15, -0.1) is 0 Å². The number of aryl methyl sites for hydroxylation is 1. The van der Waals surface area contributed by atoms with Gasteiger partial charge in [0.2, 0.25) is 0 Å². The van der Waals surface area contributed by atoms with Crippen LogP contribution < -0.4 is 5.32 Å². The Morgan fingerprint density at radius 3 is 2.55 bits per heavy atom. The van der Waals surface area contributed by atoms with E-state index in [1.807, 2.05) is 0 Å². The van der Waals surface area contributed by atoms with Crippen LogP contribution in [0.15, 0.2) is 30.5 Å². The topological polar surface area (TPSA) is 17.0 Å². The third kappa shape index (κ3) is 3.86. The molecule has 0 saturated carbocycles. The minimum absolute atomic E-state index is 0.696. The molecule has 0 aliphatic carbocycles. The highest BCUT2D eigenvalue weighted by molar-refractivity contribution is 5.83. The Balaban J connectivity index is 2.18. The summed E-state index contributed by atoms with van der Waals surface area (Å²) in [5.41, 5.74) is 2.82. The molecule has 0 atom stereocenters. The number of hydrogen-bond acceptors (Lipinski definition) is 1. The normalized spacial score (nSPS) is 11.9. The Morgan fingerprint density at radius 1 is 1.05 bits per heavy atom. The van der Waals surface area contributed by atoms with Crippen molar-refractivity contribution in [3.05, 3.63) is 36.0 Å². The number of benzene rings is 1. The van der Waals surface area contributed by atoms with Crippen molar-refractivity contribution in [3.63, 3.8) is 0 Å². The zero-order chi connectivity index (χ0) is 14.5. The van der Waals surface area contributed by atoms with Gasteiger partial charge in [0.15, 0.2) is 0 Å². The molecule has 0 spiro atoms. The van der Waals surface area contributed by atoms with Gasteiger partial charge in [0.1, 0.15) is 0 Å². The summed E-state index contributed by atoms with van der Waals surface area (Å²) in [6.45, 7) is 12.2. The van der Waals surface area contributed by atoms with Crippen molar-refractivity contribution < 1.29 is 0 Å². The fraction of sp³-hybridized carbons (Fsp3) is 0.556. The van der Waals surface area contributed by atoms with Gasteiger partial charge in [-0.25, -0.2) is 0 Å². The lowest BCUT2D eigenvalue weighted by Crippen LogP contribution is -2.19. The first-order chi connectivity index (χ1) is 9.58. The summed E-state index contributed by atoms with van der Waals surface area (Å²) in [5.74, 6) is 1.45. The molecule has 0 aliphatic rings. The molecule has 2 nitrogen and oxygen atoms in total. The zero-order valence-corrected chi connectivity index (χ0v) is 13.3. The van der Waals surface area contributed by atoms with Crippen LogP contribution in [0.4, 0.5) is 0 Å². The molecule has 2 aromatic rings. The molecule has 1 N–H and O–H groups in total. The van der Waals surface area contributed by atoms with Gasteiger partial charge < -0.3 is 9.88 Å². The van der Waals surface area contributed by atoms with Gasteiger partial charge in [-0.3, -0.25) is 0 Å². The van der Waals surface area contributed by atoms with Gasteiger partial charge in [-0.2, -0.15) is 0 Å². The van der Waals surface area contributed by atoms with E-state index >= 15 is 0 Å². The molecule has 20 heavy (non-hydrogen) atoms. The number of fused-ring (bicyclic) bond motifs is 1. The predicted octanol–water partition coefficient (Wildman–Crippen LogP) is 4.43. The molecule has 0 aliphatic heterocycles. The number of nitrogens with zero attached hydrogens (tertiary/aromatic N) is 1. The van der Waals surface area contributed by atoms with E-state index in [0.717, 1.165) is 25.6 Å². The van der Waals surface area contributed by atoms with Gasteiger partial charge in [0.05, 0.1) is 5.52 Å². The minimum Gasteiger partial charge on any atom is -0.347 e. The van der Waals surface area contributed by atoms with Crippen LogP contribution >= 0.6 is 0 Å². The summed E-state index contributed by atoms with van der Waals surface area (Å²) in [6.07, 6.45) is 3.47. The number of hydrogen-bond donors (Lipinski definition) is 1. The minimum atomic E-state index is 0.696. The second kappa shape index (κ2) is 6.94. The molecule has 0 amide bonds. The first-order valence-electron chi connectivity index (χ1n) is 7.85. The molecule has 2 heteroatoms. The monoisotopic (exact) mass is 272 g/mol. The molecule has 0 unspecified atom stereocenters. The highest BCUT2D eigenvalue weighted by Crippen LogP contribution is 2.21. The lowest BCUT2D eigenvalue weighted by molar-refractivity contribution is 0.522. The third-order valence-corrected chi connectivity index (χ3v) is 3.69. The summed E-state index contributed by atoms with van der Waals surface area (Å²) in [7, 11) is 0. The quantitative estimate of drug-likeness (QED) is 0.789. The summed E-state index contributed by atoms with van der Waals surface area (Å²) >= 11 is 0. The van der Waals surface area contributed by atoms with Crippen molar-refractivity contribution >= 4 is 10.9 Å². The lowest BCUT2D eigenvalue weighted by atomic mass is 10.1. The van der Waals surface area contributed by atoms with Crippen LogP contribution in [-0.4, -0.2) is 11.1 Å². The summed E-state index contributed by atoms with van der Waals surface area (Å²) in [6, 6.07) is 8.87. The van der Waals surface area contributed by atoms with Crippen LogP contribution in [0.25, 0.3) is 10.9 Å². The zero-order valence-electron chi connectivity index (χ0n) is 13.3. The number of nitrogens with one attached hydrogen (secondary N) is 1. The van der Waals surface area contributed by atoms with Crippen molar-refractivity contribution in [2.45, 2.75) is 47.2 Å². The average molecular weight is 272 g/mol. The molecule has 2 rings (SSSR count). The van der Waals surface area contributed by atoms with Crippen molar-refractivity contribution in [1.82, 2.24) is 9.88 Å². The maximum atomic E-state index is 3.56. The van der Waals surface area contributed by atoms with Crippen LogP contribution in [0.3, 0.4) is 0 Å². The highest BCUT2D eigenvalue weighted by atomic mass is 15.0. The Morgan fingerprint density at radius 2 is 1.85 bits per heavy atom. The molecule has 0 fully saturated rings. The molecule has 0 radical (unpaired) electrons. The maximum absolute atomic E-state index is 3.56. The fourth-order valence-corrected chi connectivity index (χ4v) is 2.56. The number of rotatable bonds is 7. The van der Waals surface area contributed by atoms with Crippen molar-refractivity contribution in [2.24, 2.45) is 11.8 Å². The molecule has 110 valence electrons. The van der Waals surface area contributed by atoms with E-state index in [0.29, 0.717) is 5.92 Å². The van der Waals surface area contributed by atoms with E-state index in [2.05, 4.69) is 68.0 Å². The molecule has 1 aromatic carbocycles.